The Morgan fingerprint density at radius 1 is 1.12 bits per heavy atom. The van der Waals surface area contributed by atoms with Crippen LogP contribution in [0.15, 0.2) is 24.3 Å². The third kappa shape index (κ3) is 3.72. The maximum absolute atomic E-state index is 12.7. The van der Waals surface area contributed by atoms with Gasteiger partial charge < -0.3 is 4.57 Å². The Bertz CT molecular complexity index is 715. The molecule has 5 heteroatoms. The molecule has 1 fully saturated rings. The average Bonchev–Trinajstić information content (AvgIpc) is 2.90. The number of ketones is 1. The van der Waals surface area contributed by atoms with Crippen LogP contribution in [0.3, 0.4) is 0 Å². The Morgan fingerprint density at radius 3 is 2.42 bits per heavy atom. The van der Waals surface area contributed by atoms with Crippen LogP contribution in [0.1, 0.15) is 46.8 Å². The smallest absolute Gasteiger partial charge is 0.196 e. The SMILES string of the molecule is Cc1nc(C(=O)CN2CCCCC2)c(C)n1-c1ccc(CI)cc1. The molecule has 0 amide bonds. The summed E-state index contributed by atoms with van der Waals surface area (Å²) in [7, 11) is 0. The monoisotopic (exact) mass is 437 g/mol. The Labute approximate surface area is 157 Å². The number of piperidine rings is 1. The molecule has 0 bridgehead atoms. The minimum absolute atomic E-state index is 0.139. The third-order valence-corrected chi connectivity index (χ3v) is 5.58. The van der Waals surface area contributed by atoms with Crippen molar-refractivity contribution in [2.75, 3.05) is 19.6 Å². The Morgan fingerprint density at radius 2 is 1.79 bits per heavy atom. The second-order valence-electron chi connectivity index (χ2n) is 6.49. The molecule has 4 nitrogen and oxygen atoms in total. The fraction of sp³-hybridized carbons (Fsp3) is 0.474. The van der Waals surface area contributed by atoms with Crippen molar-refractivity contribution in [3.63, 3.8) is 0 Å². The van der Waals surface area contributed by atoms with Gasteiger partial charge in [0.05, 0.1) is 12.2 Å². The topological polar surface area (TPSA) is 38.1 Å². The van der Waals surface area contributed by atoms with Crippen molar-refractivity contribution in [2.24, 2.45) is 0 Å². The van der Waals surface area contributed by atoms with E-state index in [2.05, 4.69) is 61.3 Å². The van der Waals surface area contributed by atoms with Crippen LogP contribution in [0.4, 0.5) is 0 Å². The zero-order chi connectivity index (χ0) is 17.1. The molecule has 1 saturated heterocycles. The van der Waals surface area contributed by atoms with Crippen molar-refractivity contribution < 1.29 is 4.79 Å². The van der Waals surface area contributed by atoms with E-state index in [4.69, 9.17) is 0 Å². The van der Waals surface area contributed by atoms with E-state index < -0.39 is 0 Å². The van der Waals surface area contributed by atoms with Crippen LogP contribution in [0.5, 0.6) is 0 Å². The number of hydrogen-bond donors (Lipinski definition) is 0. The van der Waals surface area contributed by atoms with Gasteiger partial charge in [0.15, 0.2) is 5.78 Å². The average molecular weight is 437 g/mol. The van der Waals surface area contributed by atoms with E-state index in [1.807, 2.05) is 13.8 Å². The van der Waals surface area contributed by atoms with Crippen molar-refractivity contribution in [3.8, 4) is 5.69 Å². The van der Waals surface area contributed by atoms with Crippen LogP contribution >= 0.6 is 22.6 Å². The van der Waals surface area contributed by atoms with E-state index in [-0.39, 0.29) is 5.78 Å². The lowest BCUT2D eigenvalue weighted by atomic mass is 10.1. The summed E-state index contributed by atoms with van der Waals surface area (Å²) in [6.45, 7) is 6.52. The van der Waals surface area contributed by atoms with Gasteiger partial charge in [0.1, 0.15) is 11.5 Å². The molecule has 0 unspecified atom stereocenters. The number of aromatic nitrogens is 2. The summed E-state index contributed by atoms with van der Waals surface area (Å²) >= 11 is 2.36. The fourth-order valence-corrected chi connectivity index (χ4v) is 3.92. The van der Waals surface area contributed by atoms with Gasteiger partial charge in [0.2, 0.25) is 0 Å². The van der Waals surface area contributed by atoms with Gasteiger partial charge in [-0.1, -0.05) is 41.1 Å². The van der Waals surface area contributed by atoms with Crippen LogP contribution in [-0.2, 0) is 4.43 Å². The van der Waals surface area contributed by atoms with Gasteiger partial charge in [-0.15, -0.1) is 0 Å². The van der Waals surface area contributed by atoms with Gasteiger partial charge in [0, 0.05) is 10.1 Å². The molecule has 0 N–H and O–H groups in total. The number of imidazole rings is 1. The molecule has 1 aliphatic heterocycles. The lowest BCUT2D eigenvalue weighted by Gasteiger charge is -2.25. The highest BCUT2D eigenvalue weighted by Crippen LogP contribution is 2.20. The molecule has 3 rings (SSSR count). The van der Waals surface area contributed by atoms with Gasteiger partial charge in [0.25, 0.3) is 0 Å². The molecule has 0 radical (unpaired) electrons. The zero-order valence-electron chi connectivity index (χ0n) is 14.4. The van der Waals surface area contributed by atoms with Gasteiger partial charge in [-0.3, -0.25) is 9.69 Å². The number of rotatable bonds is 5. The Kier molecular flexibility index (Phi) is 5.71. The molecular weight excluding hydrogens is 413 g/mol. The molecule has 1 aromatic carbocycles. The number of aryl methyl sites for hydroxylation is 1. The van der Waals surface area contributed by atoms with Crippen molar-refractivity contribution in [3.05, 3.63) is 47.0 Å². The van der Waals surface area contributed by atoms with E-state index in [1.54, 1.807) is 0 Å². The van der Waals surface area contributed by atoms with E-state index in [9.17, 15) is 4.79 Å². The van der Waals surface area contributed by atoms with Gasteiger partial charge in [-0.25, -0.2) is 4.98 Å². The fourth-order valence-electron chi connectivity index (χ4n) is 3.42. The van der Waals surface area contributed by atoms with Crippen LogP contribution in [0, 0.1) is 13.8 Å². The van der Waals surface area contributed by atoms with Gasteiger partial charge in [-0.05, 0) is 57.5 Å². The van der Waals surface area contributed by atoms with Gasteiger partial charge >= 0.3 is 0 Å². The summed E-state index contributed by atoms with van der Waals surface area (Å²) in [6.07, 6.45) is 3.68. The highest BCUT2D eigenvalue weighted by atomic mass is 127. The number of halogens is 1. The molecular formula is C19H24IN3O. The normalized spacial score (nSPS) is 15.6. The van der Waals surface area contributed by atoms with E-state index >= 15 is 0 Å². The molecule has 0 saturated carbocycles. The molecule has 1 aromatic heterocycles. The minimum atomic E-state index is 0.139. The number of carbonyl (C=O) groups is 1. The molecule has 0 atom stereocenters. The second-order valence-corrected chi connectivity index (χ2v) is 7.25. The van der Waals surface area contributed by atoms with Crippen molar-refractivity contribution in [1.29, 1.82) is 0 Å². The summed E-state index contributed by atoms with van der Waals surface area (Å²) in [4.78, 5) is 19.6. The van der Waals surface area contributed by atoms with Crippen LogP contribution in [0.2, 0.25) is 0 Å². The first kappa shape index (κ1) is 17.6. The quantitative estimate of drug-likeness (QED) is 0.402. The third-order valence-electron chi connectivity index (χ3n) is 4.70. The Balaban J connectivity index is 1.83. The van der Waals surface area contributed by atoms with E-state index in [1.165, 1.54) is 24.8 Å². The molecule has 0 spiro atoms. The zero-order valence-corrected chi connectivity index (χ0v) is 16.5. The molecule has 0 aliphatic carbocycles. The Hall–Kier alpha value is -1.21. The number of carbonyl (C=O) groups excluding carboxylic acids is 1. The summed E-state index contributed by atoms with van der Waals surface area (Å²) < 4.78 is 3.08. The highest BCUT2D eigenvalue weighted by molar-refractivity contribution is 14.1. The first-order valence-corrected chi connectivity index (χ1v) is 10.1. The predicted octanol–water partition coefficient (Wildman–Crippen LogP) is 4.09. The molecule has 2 aromatic rings. The number of hydrogen-bond acceptors (Lipinski definition) is 3. The number of alkyl halides is 1. The number of benzene rings is 1. The number of nitrogens with zero attached hydrogens (tertiary/aromatic N) is 3. The maximum atomic E-state index is 12.7. The lowest BCUT2D eigenvalue weighted by Crippen LogP contribution is -2.34. The van der Waals surface area contributed by atoms with Crippen LogP contribution < -0.4 is 0 Å². The van der Waals surface area contributed by atoms with Crippen LogP contribution in [-0.4, -0.2) is 39.9 Å². The summed E-state index contributed by atoms with van der Waals surface area (Å²) in [5, 5.41) is 0. The molecule has 24 heavy (non-hydrogen) atoms. The summed E-state index contributed by atoms with van der Waals surface area (Å²) in [6, 6.07) is 8.48. The summed E-state index contributed by atoms with van der Waals surface area (Å²) in [5.41, 5.74) is 3.94. The van der Waals surface area contributed by atoms with Crippen LogP contribution in [0.25, 0.3) is 5.69 Å². The number of likely N-dealkylation sites (tertiary alicyclic amines) is 1. The largest absolute Gasteiger partial charge is 0.300 e. The standard InChI is InChI=1S/C19H24IN3O/c1-14-19(18(24)13-22-10-4-3-5-11-22)21-15(2)23(14)17-8-6-16(12-20)7-9-17/h6-9H,3-5,10-13H2,1-2H3. The first-order valence-electron chi connectivity index (χ1n) is 8.57. The first-order chi connectivity index (χ1) is 11.6. The van der Waals surface area contributed by atoms with Crippen molar-refractivity contribution in [1.82, 2.24) is 14.5 Å². The molecule has 1 aliphatic rings. The number of Topliss-reactive ketones (excluding diaryl/α,β-unsaturated/α-hetero) is 1. The molecule has 2 heterocycles. The minimum Gasteiger partial charge on any atom is -0.300 e. The lowest BCUT2D eigenvalue weighted by molar-refractivity contribution is 0.0910. The second kappa shape index (κ2) is 7.78. The maximum Gasteiger partial charge on any atom is 0.196 e. The van der Waals surface area contributed by atoms with E-state index in [0.717, 1.165) is 34.7 Å². The van der Waals surface area contributed by atoms with Crippen molar-refractivity contribution in [2.45, 2.75) is 37.5 Å². The predicted molar refractivity (Wildman–Crippen MR) is 105 cm³/mol. The highest BCUT2D eigenvalue weighted by Gasteiger charge is 2.21. The van der Waals surface area contributed by atoms with Gasteiger partial charge in [-0.2, -0.15) is 0 Å². The summed E-state index contributed by atoms with van der Waals surface area (Å²) in [5.74, 6) is 1.01. The molecule has 128 valence electrons. The van der Waals surface area contributed by atoms with E-state index in [0.29, 0.717) is 12.2 Å². The van der Waals surface area contributed by atoms with Crippen molar-refractivity contribution >= 4 is 28.4 Å².